The summed E-state index contributed by atoms with van der Waals surface area (Å²) in [5, 5.41) is 3.82. The van der Waals surface area contributed by atoms with Gasteiger partial charge in [0.05, 0.1) is 0 Å². The van der Waals surface area contributed by atoms with Crippen LogP contribution in [0, 0.1) is 13.8 Å². The highest BCUT2D eigenvalue weighted by Gasteiger charge is 2.36. The molecule has 1 aliphatic heterocycles. The van der Waals surface area contributed by atoms with Crippen LogP contribution in [-0.2, 0) is 0 Å². The molecule has 126 valence electrons. The van der Waals surface area contributed by atoms with Gasteiger partial charge in [-0.05, 0) is 51.2 Å². The summed E-state index contributed by atoms with van der Waals surface area (Å²) in [7, 11) is 0. The Labute approximate surface area is 139 Å². The first-order chi connectivity index (χ1) is 11.6. The molecule has 2 aromatic heterocycles. The number of likely N-dealkylation sites (tertiary alicyclic amines) is 1. The Hall–Kier alpha value is -2.44. The van der Waals surface area contributed by atoms with Gasteiger partial charge in [0.1, 0.15) is 11.6 Å². The van der Waals surface area contributed by atoms with Gasteiger partial charge in [-0.1, -0.05) is 5.16 Å². The zero-order valence-electron chi connectivity index (χ0n) is 13.9. The van der Waals surface area contributed by atoms with E-state index in [9.17, 15) is 9.59 Å². The minimum absolute atomic E-state index is 0.185. The summed E-state index contributed by atoms with van der Waals surface area (Å²) >= 11 is 0. The van der Waals surface area contributed by atoms with Gasteiger partial charge in [0.2, 0.25) is 5.89 Å². The molecule has 4 rings (SSSR count). The van der Waals surface area contributed by atoms with Gasteiger partial charge in [-0.2, -0.15) is 4.98 Å². The quantitative estimate of drug-likeness (QED) is 0.862. The van der Waals surface area contributed by atoms with E-state index < -0.39 is 0 Å². The van der Waals surface area contributed by atoms with Gasteiger partial charge in [0.25, 0.3) is 11.5 Å². The number of hydrogen-bond donors (Lipinski definition) is 0. The SMILES string of the molecule is Cc1noc(C2CCCN2C(=O)c2c(C)ccn(C3CC3)c2=O)n1. The first kappa shape index (κ1) is 15.1. The van der Waals surface area contributed by atoms with Crippen molar-refractivity contribution in [1.29, 1.82) is 0 Å². The molecule has 1 amide bonds. The van der Waals surface area contributed by atoms with E-state index in [4.69, 9.17) is 4.52 Å². The Kier molecular flexibility index (Phi) is 3.51. The Balaban J connectivity index is 1.70. The average molecular weight is 328 g/mol. The molecule has 0 spiro atoms. The molecule has 1 unspecified atom stereocenters. The van der Waals surface area contributed by atoms with E-state index in [1.165, 1.54) is 0 Å². The fourth-order valence-electron chi connectivity index (χ4n) is 3.40. The van der Waals surface area contributed by atoms with Crippen LogP contribution in [-0.4, -0.2) is 32.1 Å². The molecule has 2 fully saturated rings. The number of aromatic nitrogens is 3. The van der Waals surface area contributed by atoms with E-state index >= 15 is 0 Å². The van der Waals surface area contributed by atoms with Crippen LogP contribution in [0.4, 0.5) is 0 Å². The molecule has 1 atom stereocenters. The maximum absolute atomic E-state index is 13.1. The van der Waals surface area contributed by atoms with Crippen molar-refractivity contribution in [3.8, 4) is 0 Å². The van der Waals surface area contributed by atoms with Gasteiger partial charge in [-0.3, -0.25) is 9.59 Å². The number of nitrogens with zero attached hydrogens (tertiary/aromatic N) is 4. The normalized spacial score (nSPS) is 20.6. The molecule has 7 nitrogen and oxygen atoms in total. The third kappa shape index (κ3) is 2.44. The van der Waals surface area contributed by atoms with Gasteiger partial charge in [0.15, 0.2) is 5.82 Å². The maximum atomic E-state index is 13.1. The van der Waals surface area contributed by atoms with Crippen LogP contribution < -0.4 is 5.56 Å². The van der Waals surface area contributed by atoms with Gasteiger partial charge >= 0.3 is 0 Å². The highest BCUT2D eigenvalue weighted by Crippen LogP contribution is 2.34. The molecule has 1 saturated heterocycles. The zero-order chi connectivity index (χ0) is 16.8. The Bertz CT molecular complexity index is 850. The van der Waals surface area contributed by atoms with Gasteiger partial charge in [-0.15, -0.1) is 0 Å². The van der Waals surface area contributed by atoms with Gasteiger partial charge in [-0.25, -0.2) is 0 Å². The molecular weight excluding hydrogens is 308 g/mol. The third-order valence-corrected chi connectivity index (χ3v) is 4.82. The lowest BCUT2D eigenvalue weighted by Gasteiger charge is -2.22. The summed E-state index contributed by atoms with van der Waals surface area (Å²) in [5.74, 6) is 0.775. The van der Waals surface area contributed by atoms with Gasteiger partial charge < -0.3 is 14.0 Å². The van der Waals surface area contributed by atoms with Crippen molar-refractivity contribution in [1.82, 2.24) is 19.6 Å². The second-order valence-corrected chi connectivity index (χ2v) is 6.65. The van der Waals surface area contributed by atoms with Crippen LogP contribution in [0.1, 0.15) is 65.4 Å². The average Bonchev–Trinajstić information content (AvgIpc) is 3.10. The molecule has 24 heavy (non-hydrogen) atoms. The molecule has 0 aromatic carbocycles. The number of hydrogen-bond acceptors (Lipinski definition) is 5. The predicted octanol–water partition coefficient (Wildman–Crippen LogP) is 2.16. The van der Waals surface area contributed by atoms with E-state index in [0.717, 1.165) is 25.7 Å². The lowest BCUT2D eigenvalue weighted by atomic mass is 10.1. The zero-order valence-corrected chi connectivity index (χ0v) is 13.9. The number of pyridine rings is 1. The number of rotatable bonds is 3. The number of carbonyl (C=O) groups is 1. The van der Waals surface area contributed by atoms with Gasteiger partial charge in [0, 0.05) is 18.8 Å². The van der Waals surface area contributed by atoms with Crippen LogP contribution in [0.25, 0.3) is 0 Å². The Morgan fingerprint density at radius 3 is 2.75 bits per heavy atom. The first-order valence-corrected chi connectivity index (χ1v) is 8.39. The molecule has 1 aliphatic carbocycles. The fourth-order valence-corrected chi connectivity index (χ4v) is 3.40. The molecule has 7 heteroatoms. The van der Waals surface area contributed by atoms with Crippen molar-refractivity contribution in [3.05, 3.63) is 45.5 Å². The molecule has 1 saturated carbocycles. The van der Waals surface area contributed by atoms with Crippen molar-refractivity contribution in [2.45, 2.75) is 51.6 Å². The van der Waals surface area contributed by atoms with Crippen molar-refractivity contribution < 1.29 is 9.32 Å². The number of amides is 1. The van der Waals surface area contributed by atoms with Crippen LogP contribution in [0.2, 0.25) is 0 Å². The smallest absolute Gasteiger partial charge is 0.263 e. The lowest BCUT2D eigenvalue weighted by Crippen LogP contribution is -2.37. The third-order valence-electron chi connectivity index (χ3n) is 4.82. The second kappa shape index (κ2) is 5.58. The molecule has 2 aliphatic rings. The van der Waals surface area contributed by atoms with E-state index in [2.05, 4.69) is 10.1 Å². The lowest BCUT2D eigenvalue weighted by molar-refractivity contribution is 0.0706. The van der Waals surface area contributed by atoms with E-state index in [1.807, 2.05) is 13.0 Å². The molecule has 3 heterocycles. The predicted molar refractivity (Wildman–Crippen MR) is 85.8 cm³/mol. The standard InChI is InChI=1S/C17H20N4O3/c1-10-7-9-20(12-5-6-12)16(22)14(10)17(23)21-8-3-4-13(21)15-18-11(2)19-24-15/h7,9,12-13H,3-6,8H2,1-2H3. The van der Waals surface area contributed by atoms with Crippen LogP contribution in [0.15, 0.2) is 21.6 Å². The van der Waals surface area contributed by atoms with E-state index in [0.29, 0.717) is 23.8 Å². The molecule has 2 aromatic rings. The Morgan fingerprint density at radius 2 is 2.08 bits per heavy atom. The summed E-state index contributed by atoms with van der Waals surface area (Å²) in [6.07, 6.45) is 5.44. The maximum Gasteiger partial charge on any atom is 0.263 e. The van der Waals surface area contributed by atoms with Crippen molar-refractivity contribution in [2.24, 2.45) is 0 Å². The number of aryl methyl sites for hydroxylation is 2. The van der Waals surface area contributed by atoms with Crippen LogP contribution in [0.3, 0.4) is 0 Å². The minimum Gasteiger partial charge on any atom is -0.337 e. The Morgan fingerprint density at radius 1 is 1.29 bits per heavy atom. The summed E-state index contributed by atoms with van der Waals surface area (Å²) in [6, 6.07) is 1.86. The van der Waals surface area contributed by atoms with E-state index in [-0.39, 0.29) is 29.1 Å². The second-order valence-electron chi connectivity index (χ2n) is 6.65. The van der Waals surface area contributed by atoms with Crippen molar-refractivity contribution in [3.63, 3.8) is 0 Å². The summed E-state index contributed by atoms with van der Waals surface area (Å²) in [4.78, 5) is 31.8. The van der Waals surface area contributed by atoms with Crippen LogP contribution in [0.5, 0.6) is 0 Å². The highest BCUT2D eigenvalue weighted by atomic mass is 16.5. The van der Waals surface area contributed by atoms with Crippen LogP contribution >= 0.6 is 0 Å². The molecule has 0 bridgehead atoms. The fraction of sp³-hybridized carbons (Fsp3) is 0.529. The minimum atomic E-state index is -0.243. The highest BCUT2D eigenvalue weighted by molar-refractivity contribution is 5.95. The topological polar surface area (TPSA) is 81.2 Å². The monoisotopic (exact) mass is 328 g/mol. The summed E-state index contributed by atoms with van der Waals surface area (Å²) in [5.41, 5.74) is 0.802. The molecule has 0 N–H and O–H groups in total. The van der Waals surface area contributed by atoms with E-state index in [1.54, 1.807) is 22.6 Å². The molecule has 0 radical (unpaired) electrons. The van der Waals surface area contributed by atoms with Crippen molar-refractivity contribution >= 4 is 5.91 Å². The molecular formula is C17H20N4O3. The largest absolute Gasteiger partial charge is 0.337 e. The van der Waals surface area contributed by atoms with Crippen molar-refractivity contribution in [2.75, 3.05) is 6.54 Å². The number of carbonyl (C=O) groups excluding carboxylic acids is 1. The summed E-state index contributed by atoms with van der Waals surface area (Å²) in [6.45, 7) is 4.17. The summed E-state index contributed by atoms with van der Waals surface area (Å²) < 4.78 is 6.96. The first-order valence-electron chi connectivity index (χ1n) is 8.39.